The molecule has 2 aliphatic heterocycles. The average molecular weight is 391 g/mol. The summed E-state index contributed by atoms with van der Waals surface area (Å²) in [4.78, 5) is 12.4. The number of ether oxygens (including phenoxy) is 3. The van der Waals surface area contributed by atoms with Gasteiger partial charge in [0.2, 0.25) is 12.7 Å². The van der Waals surface area contributed by atoms with Gasteiger partial charge in [-0.25, -0.2) is 0 Å². The third-order valence-corrected chi connectivity index (χ3v) is 4.45. The normalized spacial score (nSPS) is 16.9. The predicted molar refractivity (Wildman–Crippen MR) is 95.3 cm³/mol. The minimum absolute atomic E-state index is 0.132. The van der Waals surface area contributed by atoms with Crippen LogP contribution in [0.15, 0.2) is 42.5 Å². The second-order valence-electron chi connectivity index (χ2n) is 6.39. The maximum Gasteiger partial charge on any atom is 0.416 e. The zero-order valence-electron chi connectivity index (χ0n) is 14.6. The summed E-state index contributed by atoms with van der Waals surface area (Å²) in [5, 5.41) is 2.73. The van der Waals surface area contributed by atoms with E-state index in [1.54, 1.807) is 18.2 Å². The van der Waals surface area contributed by atoms with Crippen LogP contribution in [0.5, 0.6) is 17.2 Å². The molecule has 2 aromatic carbocycles. The third kappa shape index (κ3) is 3.76. The first-order chi connectivity index (χ1) is 13.4. The first-order valence-electron chi connectivity index (χ1n) is 8.66. The molecule has 28 heavy (non-hydrogen) atoms. The molecule has 0 atom stereocenters. The number of rotatable bonds is 2. The molecule has 0 unspecified atom stereocenters. The number of halogens is 3. The fourth-order valence-electron chi connectivity index (χ4n) is 3.12. The number of carbonyl (C=O) groups excluding carboxylic acids is 1. The number of allylic oxidation sites excluding steroid dienone is 1. The van der Waals surface area contributed by atoms with E-state index in [-0.39, 0.29) is 25.1 Å². The van der Waals surface area contributed by atoms with E-state index >= 15 is 0 Å². The van der Waals surface area contributed by atoms with E-state index in [0.717, 1.165) is 12.1 Å². The van der Waals surface area contributed by atoms with E-state index in [4.69, 9.17) is 14.2 Å². The lowest BCUT2D eigenvalue weighted by atomic mass is 9.99. The first kappa shape index (κ1) is 18.2. The van der Waals surface area contributed by atoms with Gasteiger partial charge in [-0.2, -0.15) is 13.2 Å². The monoisotopic (exact) mass is 391 g/mol. The lowest BCUT2D eigenvalue weighted by Gasteiger charge is -2.13. The van der Waals surface area contributed by atoms with Gasteiger partial charge in [-0.1, -0.05) is 6.07 Å². The third-order valence-electron chi connectivity index (χ3n) is 4.45. The Morgan fingerprint density at radius 1 is 1.00 bits per heavy atom. The summed E-state index contributed by atoms with van der Waals surface area (Å²) in [5.41, 5.74) is 0.867. The molecule has 5 nitrogen and oxygen atoms in total. The summed E-state index contributed by atoms with van der Waals surface area (Å²) in [6.45, 7) is 0.420. The van der Waals surface area contributed by atoms with Crippen molar-refractivity contribution in [1.29, 1.82) is 0 Å². The quantitative estimate of drug-likeness (QED) is 0.759. The van der Waals surface area contributed by atoms with Crippen LogP contribution < -0.4 is 19.5 Å². The first-order valence-corrected chi connectivity index (χ1v) is 8.66. The summed E-state index contributed by atoms with van der Waals surface area (Å²) >= 11 is 0. The minimum Gasteiger partial charge on any atom is -0.493 e. The Morgan fingerprint density at radius 3 is 2.64 bits per heavy atom. The smallest absolute Gasteiger partial charge is 0.416 e. The van der Waals surface area contributed by atoms with E-state index in [1.165, 1.54) is 12.1 Å². The zero-order chi connectivity index (χ0) is 19.7. The topological polar surface area (TPSA) is 56.8 Å². The standard InChI is InChI=1S/C20H16F3NO4/c21-20(22,23)13-3-5-15-12(2-1-7-26-17(15)9-13)8-19(25)24-14-4-6-16-18(10-14)28-11-27-16/h3-6,8-10H,1-2,7,11H2,(H,24,25). The summed E-state index contributed by atoms with van der Waals surface area (Å²) in [5.74, 6) is 0.890. The van der Waals surface area contributed by atoms with Crippen LogP contribution in [-0.4, -0.2) is 19.3 Å². The van der Waals surface area contributed by atoms with Gasteiger partial charge in [-0.05, 0) is 42.7 Å². The number of amides is 1. The van der Waals surface area contributed by atoms with E-state index in [2.05, 4.69) is 5.32 Å². The second kappa shape index (κ2) is 7.10. The SMILES string of the molecule is O=C(C=C1CCCOc2cc(C(F)(F)F)ccc21)Nc1ccc2c(c1)OCO2. The molecule has 1 N–H and O–H groups in total. The molecule has 2 aromatic rings. The van der Waals surface area contributed by atoms with Crippen molar-refractivity contribution in [3.05, 3.63) is 53.6 Å². The molecule has 146 valence electrons. The molecule has 1 amide bonds. The maximum absolute atomic E-state index is 13.0. The molecule has 0 spiro atoms. The molecule has 4 rings (SSSR count). The predicted octanol–water partition coefficient (Wildman–Crippen LogP) is 4.63. The number of fused-ring (bicyclic) bond motifs is 2. The van der Waals surface area contributed by atoms with Crippen LogP contribution in [0.3, 0.4) is 0 Å². The van der Waals surface area contributed by atoms with Crippen molar-refractivity contribution in [2.24, 2.45) is 0 Å². The van der Waals surface area contributed by atoms with Crippen LogP contribution >= 0.6 is 0 Å². The lowest BCUT2D eigenvalue weighted by molar-refractivity contribution is -0.137. The fraction of sp³-hybridized carbons (Fsp3) is 0.250. The Labute approximate surface area is 158 Å². The highest BCUT2D eigenvalue weighted by Crippen LogP contribution is 2.38. The van der Waals surface area contributed by atoms with Gasteiger partial charge in [0.25, 0.3) is 0 Å². The van der Waals surface area contributed by atoms with Crippen molar-refractivity contribution < 1.29 is 32.2 Å². The van der Waals surface area contributed by atoms with Crippen molar-refractivity contribution in [1.82, 2.24) is 0 Å². The largest absolute Gasteiger partial charge is 0.493 e. The highest BCUT2D eigenvalue weighted by molar-refractivity contribution is 6.04. The number of benzene rings is 2. The van der Waals surface area contributed by atoms with Crippen LogP contribution in [-0.2, 0) is 11.0 Å². The Bertz CT molecular complexity index is 953. The molecular weight excluding hydrogens is 375 g/mol. The zero-order valence-corrected chi connectivity index (χ0v) is 14.6. The van der Waals surface area contributed by atoms with E-state index in [1.807, 2.05) is 0 Å². The van der Waals surface area contributed by atoms with E-state index in [0.29, 0.717) is 41.2 Å². The number of anilines is 1. The van der Waals surface area contributed by atoms with Gasteiger partial charge in [-0.15, -0.1) is 0 Å². The van der Waals surface area contributed by atoms with Crippen molar-refractivity contribution in [2.45, 2.75) is 19.0 Å². The van der Waals surface area contributed by atoms with Crippen LogP contribution in [0.2, 0.25) is 0 Å². The maximum atomic E-state index is 13.0. The summed E-state index contributed by atoms with van der Waals surface area (Å²) in [6, 6.07) is 8.35. The van der Waals surface area contributed by atoms with Crippen molar-refractivity contribution >= 4 is 17.2 Å². The van der Waals surface area contributed by atoms with Gasteiger partial charge in [0, 0.05) is 23.4 Å². The van der Waals surface area contributed by atoms with Gasteiger partial charge < -0.3 is 19.5 Å². The molecule has 0 fully saturated rings. The van der Waals surface area contributed by atoms with E-state index < -0.39 is 11.7 Å². The van der Waals surface area contributed by atoms with Gasteiger partial charge >= 0.3 is 6.18 Å². The molecule has 2 heterocycles. The van der Waals surface area contributed by atoms with Crippen molar-refractivity contribution in [2.75, 3.05) is 18.7 Å². The molecule has 0 saturated carbocycles. The fourth-order valence-corrected chi connectivity index (χ4v) is 3.12. The number of hydrogen-bond acceptors (Lipinski definition) is 4. The minimum atomic E-state index is -4.45. The molecule has 0 saturated heterocycles. The average Bonchev–Trinajstić information content (AvgIpc) is 3.02. The number of alkyl halides is 3. The molecule has 0 radical (unpaired) electrons. The van der Waals surface area contributed by atoms with Crippen molar-refractivity contribution in [3.8, 4) is 17.2 Å². The van der Waals surface area contributed by atoms with Crippen molar-refractivity contribution in [3.63, 3.8) is 0 Å². The Hall–Kier alpha value is -3.16. The summed E-state index contributed by atoms with van der Waals surface area (Å²) in [6.07, 6.45) is -1.94. The van der Waals surface area contributed by atoms with Gasteiger partial charge in [-0.3, -0.25) is 4.79 Å². The Balaban J connectivity index is 1.58. The molecule has 2 aliphatic rings. The number of carbonyl (C=O) groups is 1. The molecule has 0 bridgehead atoms. The number of nitrogens with one attached hydrogen (secondary N) is 1. The molecular formula is C20H16F3NO4. The van der Waals surface area contributed by atoms with Crippen LogP contribution in [0.1, 0.15) is 24.0 Å². The highest BCUT2D eigenvalue weighted by atomic mass is 19.4. The number of hydrogen-bond donors (Lipinski definition) is 1. The Kier molecular flexibility index (Phi) is 4.62. The molecule has 0 aromatic heterocycles. The summed E-state index contributed by atoms with van der Waals surface area (Å²) < 4.78 is 54.8. The van der Waals surface area contributed by atoms with Crippen LogP contribution in [0.25, 0.3) is 5.57 Å². The van der Waals surface area contributed by atoms with Gasteiger partial charge in [0.15, 0.2) is 11.5 Å². The molecule has 0 aliphatic carbocycles. The second-order valence-corrected chi connectivity index (χ2v) is 6.39. The Morgan fingerprint density at radius 2 is 1.82 bits per heavy atom. The van der Waals surface area contributed by atoms with Gasteiger partial charge in [0.05, 0.1) is 12.2 Å². The molecule has 8 heteroatoms. The van der Waals surface area contributed by atoms with Crippen LogP contribution in [0, 0.1) is 0 Å². The van der Waals surface area contributed by atoms with Crippen LogP contribution in [0.4, 0.5) is 18.9 Å². The summed E-state index contributed by atoms with van der Waals surface area (Å²) in [7, 11) is 0. The highest BCUT2D eigenvalue weighted by Gasteiger charge is 2.32. The van der Waals surface area contributed by atoms with Gasteiger partial charge in [0.1, 0.15) is 5.75 Å². The van der Waals surface area contributed by atoms with E-state index in [9.17, 15) is 18.0 Å². The lowest BCUT2D eigenvalue weighted by Crippen LogP contribution is -2.09.